The molecule has 0 N–H and O–H groups in total. The number of benzene rings is 3. The number of halogens is 1. The van der Waals surface area contributed by atoms with E-state index in [0.717, 1.165) is 4.90 Å². The highest BCUT2D eigenvalue weighted by Crippen LogP contribution is 2.41. The number of ether oxygens (including phenoxy) is 2. The molecule has 146 valence electrons. The Morgan fingerprint density at radius 2 is 1.45 bits per heavy atom. The van der Waals surface area contributed by atoms with Crippen LogP contribution in [0.3, 0.4) is 0 Å². The first-order chi connectivity index (χ1) is 14.0. The third-order valence-corrected chi connectivity index (χ3v) is 4.72. The lowest BCUT2D eigenvalue weighted by Crippen LogP contribution is -2.51. The molecule has 3 aromatic carbocycles. The van der Waals surface area contributed by atoms with Crippen LogP contribution in [0.5, 0.6) is 11.5 Å². The molecule has 0 aromatic heterocycles. The fraction of sp³-hybridized carbons (Fsp3) is 0.0909. The number of hydrogen-bond donors (Lipinski definition) is 0. The van der Waals surface area contributed by atoms with E-state index in [1.807, 2.05) is 0 Å². The summed E-state index contributed by atoms with van der Waals surface area (Å²) in [5, 5.41) is 13.4. The molecule has 0 aliphatic carbocycles. The monoisotopic (exact) mass is 408 g/mol. The number of amides is 1. The molecule has 1 heterocycles. The van der Waals surface area contributed by atoms with Gasteiger partial charge < -0.3 is 14.6 Å². The number of para-hydroxylation sites is 2. The van der Waals surface area contributed by atoms with E-state index < -0.39 is 24.2 Å². The zero-order chi connectivity index (χ0) is 20.4. The highest BCUT2D eigenvalue weighted by atomic mass is 35.5. The van der Waals surface area contributed by atoms with Crippen molar-refractivity contribution in [2.24, 2.45) is 0 Å². The van der Waals surface area contributed by atoms with Gasteiger partial charge in [-0.1, -0.05) is 48.0 Å². The Bertz CT molecular complexity index is 1040. The third-order valence-electron chi connectivity index (χ3n) is 4.48. The molecule has 0 bridgehead atoms. The quantitative estimate of drug-likeness (QED) is 0.487. The van der Waals surface area contributed by atoms with Crippen LogP contribution in [0, 0.1) is 0 Å². The van der Waals surface area contributed by atoms with Gasteiger partial charge in [0.15, 0.2) is 0 Å². The number of rotatable bonds is 3. The molecule has 1 amide bonds. The average Bonchev–Trinajstić information content (AvgIpc) is 3.00. The summed E-state index contributed by atoms with van der Waals surface area (Å²) in [4.78, 5) is 26.4. The second kappa shape index (κ2) is 7.95. The van der Waals surface area contributed by atoms with Crippen molar-refractivity contribution in [3.05, 3.63) is 89.4 Å². The second-order valence-electron chi connectivity index (χ2n) is 6.36. The number of carbonyl (C=O) groups is 2. The summed E-state index contributed by atoms with van der Waals surface area (Å²) in [6.45, 7) is 0. The lowest BCUT2D eigenvalue weighted by Gasteiger charge is -2.31. The van der Waals surface area contributed by atoms with Crippen LogP contribution in [0.2, 0.25) is 5.02 Å². The lowest BCUT2D eigenvalue weighted by molar-refractivity contribution is -0.418. The standard InChI is InChI=1S/C22H15ClNO5/c23-14-11-12-18-17(13-14)19(21(26)28-15-7-3-1-4-8-15)20(25)24(18)22(27)29-16-9-5-2-6-10-16/h1-13,19-20H/q-1. The smallest absolute Gasteiger partial charge is 0.418 e. The molecule has 3 aromatic rings. The summed E-state index contributed by atoms with van der Waals surface area (Å²) in [5.74, 6) is -1.42. The lowest BCUT2D eigenvalue weighted by atomic mass is 10.0. The fourth-order valence-corrected chi connectivity index (χ4v) is 3.37. The Morgan fingerprint density at radius 1 is 0.862 bits per heavy atom. The first-order valence-electron chi connectivity index (χ1n) is 8.82. The SMILES string of the molecule is O=C(Oc1ccccc1)C1c2cc(Cl)ccc2N(C(=O)Oc2ccccc2)C1[O-]. The molecule has 0 fully saturated rings. The van der Waals surface area contributed by atoms with Gasteiger partial charge in [-0.05, 0) is 54.3 Å². The first-order valence-corrected chi connectivity index (χ1v) is 9.20. The Balaban J connectivity index is 1.65. The van der Waals surface area contributed by atoms with Gasteiger partial charge in [-0.2, -0.15) is 0 Å². The van der Waals surface area contributed by atoms with E-state index in [0.29, 0.717) is 16.3 Å². The predicted molar refractivity (Wildman–Crippen MR) is 105 cm³/mol. The summed E-state index contributed by atoms with van der Waals surface area (Å²) >= 11 is 6.07. The highest BCUT2D eigenvalue weighted by molar-refractivity contribution is 6.30. The fourth-order valence-electron chi connectivity index (χ4n) is 3.19. The van der Waals surface area contributed by atoms with E-state index in [4.69, 9.17) is 21.1 Å². The number of hydrogen-bond acceptors (Lipinski definition) is 5. The maximum atomic E-state index is 13.1. The molecule has 0 saturated heterocycles. The summed E-state index contributed by atoms with van der Waals surface area (Å²) < 4.78 is 10.7. The normalized spacial score (nSPS) is 17.5. The minimum Gasteiger partial charge on any atom is -0.835 e. The predicted octanol–water partition coefficient (Wildman–Crippen LogP) is 3.73. The largest absolute Gasteiger partial charge is 0.835 e. The molecule has 0 saturated carbocycles. The molecule has 4 rings (SSSR count). The van der Waals surface area contributed by atoms with Gasteiger partial charge in [0, 0.05) is 10.7 Å². The topological polar surface area (TPSA) is 78.9 Å². The second-order valence-corrected chi connectivity index (χ2v) is 6.79. The van der Waals surface area contributed by atoms with Crippen molar-refractivity contribution in [1.29, 1.82) is 0 Å². The molecule has 1 aliphatic heterocycles. The number of fused-ring (bicyclic) bond motifs is 1. The maximum Gasteiger partial charge on any atom is 0.418 e. The molecule has 0 radical (unpaired) electrons. The van der Waals surface area contributed by atoms with E-state index in [1.54, 1.807) is 66.7 Å². The minimum absolute atomic E-state index is 0.269. The molecule has 2 unspecified atom stereocenters. The van der Waals surface area contributed by atoms with Crippen molar-refractivity contribution < 1.29 is 24.2 Å². The van der Waals surface area contributed by atoms with E-state index in [-0.39, 0.29) is 11.4 Å². The Morgan fingerprint density at radius 3 is 2.07 bits per heavy atom. The van der Waals surface area contributed by atoms with Crippen molar-refractivity contribution in [1.82, 2.24) is 0 Å². The van der Waals surface area contributed by atoms with Gasteiger partial charge in [0.25, 0.3) is 0 Å². The minimum atomic E-state index is -1.75. The third kappa shape index (κ3) is 3.81. The van der Waals surface area contributed by atoms with Gasteiger partial charge in [0.05, 0.1) is 5.92 Å². The van der Waals surface area contributed by atoms with Gasteiger partial charge in [0.2, 0.25) is 0 Å². The van der Waals surface area contributed by atoms with Crippen LogP contribution >= 0.6 is 11.6 Å². The van der Waals surface area contributed by atoms with Crippen LogP contribution in [0.15, 0.2) is 78.9 Å². The molecule has 7 heteroatoms. The summed E-state index contributed by atoms with van der Waals surface area (Å²) in [7, 11) is 0. The van der Waals surface area contributed by atoms with Crippen molar-refractivity contribution in [2.75, 3.05) is 4.90 Å². The molecule has 6 nitrogen and oxygen atoms in total. The Kier molecular flexibility index (Phi) is 5.20. The molecule has 1 aliphatic rings. The van der Waals surface area contributed by atoms with E-state index in [2.05, 4.69) is 0 Å². The van der Waals surface area contributed by atoms with Crippen LogP contribution < -0.4 is 19.5 Å². The summed E-state index contributed by atoms with van der Waals surface area (Å²) in [6, 6.07) is 21.3. The Hall–Kier alpha value is -3.35. The summed E-state index contributed by atoms with van der Waals surface area (Å²) in [6.07, 6.45) is -2.63. The zero-order valence-corrected chi connectivity index (χ0v) is 15.8. The maximum absolute atomic E-state index is 13.1. The first kappa shape index (κ1) is 19.0. The summed E-state index contributed by atoms with van der Waals surface area (Å²) in [5.41, 5.74) is 0.591. The molecule has 29 heavy (non-hydrogen) atoms. The zero-order valence-electron chi connectivity index (χ0n) is 15.0. The van der Waals surface area contributed by atoms with Gasteiger partial charge in [-0.3, -0.25) is 9.69 Å². The van der Waals surface area contributed by atoms with E-state index in [9.17, 15) is 14.7 Å². The number of anilines is 1. The number of esters is 1. The van der Waals surface area contributed by atoms with Gasteiger partial charge in [0.1, 0.15) is 11.5 Å². The highest BCUT2D eigenvalue weighted by Gasteiger charge is 2.41. The van der Waals surface area contributed by atoms with Crippen LogP contribution in [-0.4, -0.2) is 18.3 Å². The van der Waals surface area contributed by atoms with Gasteiger partial charge >= 0.3 is 12.1 Å². The van der Waals surface area contributed by atoms with Crippen LogP contribution in [-0.2, 0) is 4.79 Å². The number of carbonyl (C=O) groups excluding carboxylic acids is 2. The molecular weight excluding hydrogens is 394 g/mol. The van der Waals surface area contributed by atoms with E-state index in [1.165, 1.54) is 12.1 Å². The van der Waals surface area contributed by atoms with Crippen molar-refractivity contribution in [3.8, 4) is 11.5 Å². The van der Waals surface area contributed by atoms with Gasteiger partial charge in [-0.15, -0.1) is 0 Å². The van der Waals surface area contributed by atoms with Crippen LogP contribution in [0.1, 0.15) is 11.5 Å². The van der Waals surface area contributed by atoms with Crippen LogP contribution in [0.25, 0.3) is 0 Å². The van der Waals surface area contributed by atoms with E-state index >= 15 is 0 Å². The molecule has 0 spiro atoms. The van der Waals surface area contributed by atoms with Crippen molar-refractivity contribution in [3.63, 3.8) is 0 Å². The average molecular weight is 409 g/mol. The van der Waals surface area contributed by atoms with Gasteiger partial charge in [-0.25, -0.2) is 4.79 Å². The molecule has 2 atom stereocenters. The Labute approximate surface area is 171 Å². The van der Waals surface area contributed by atoms with Crippen LogP contribution in [0.4, 0.5) is 10.5 Å². The van der Waals surface area contributed by atoms with Crippen molar-refractivity contribution >= 4 is 29.4 Å². The molecular formula is C22H15ClNO5-. The van der Waals surface area contributed by atoms with Crippen molar-refractivity contribution in [2.45, 2.75) is 12.1 Å². The number of nitrogens with zero attached hydrogens (tertiary/aromatic N) is 1.